The maximum atomic E-state index is 11.1. The molecule has 0 saturated carbocycles. The summed E-state index contributed by atoms with van der Waals surface area (Å²) in [5.41, 5.74) is 0.292. The van der Waals surface area contributed by atoms with Gasteiger partial charge in [-0.05, 0) is 11.8 Å². The van der Waals surface area contributed by atoms with Gasteiger partial charge in [-0.15, -0.1) is 19.6 Å². The first-order valence-corrected chi connectivity index (χ1v) is 4.64. The van der Waals surface area contributed by atoms with Gasteiger partial charge in [0, 0.05) is 35.6 Å². The zero-order valence-electron chi connectivity index (χ0n) is 8.83. The number of carbonyl (C=O) groups excluding carboxylic acids is 1. The molecule has 2 rings (SSSR count). The van der Waals surface area contributed by atoms with Crippen LogP contribution in [0.4, 0.5) is 0 Å². The maximum absolute atomic E-state index is 11.1. The van der Waals surface area contributed by atoms with E-state index in [9.17, 15) is 4.79 Å². The van der Waals surface area contributed by atoms with Gasteiger partial charge in [0.25, 0.3) is 0 Å². The fraction of sp³-hybridized carbons (Fsp3) is 0.889. The Morgan fingerprint density at radius 2 is 1.64 bits per heavy atom. The van der Waals surface area contributed by atoms with Crippen molar-refractivity contribution >= 4 is 5.91 Å². The molecule has 2 aliphatic rings. The molecule has 0 atom stereocenters. The van der Waals surface area contributed by atoms with Crippen LogP contribution in [0.5, 0.6) is 0 Å². The predicted octanol–water partition coefficient (Wildman–Crippen LogP) is -1.16. The summed E-state index contributed by atoms with van der Waals surface area (Å²) >= 11 is 0. The molecule has 0 aromatic heterocycles. The maximum Gasteiger partial charge on any atom is 1.00 e. The molecule has 0 bridgehead atoms. The summed E-state index contributed by atoms with van der Waals surface area (Å²) in [5, 5.41) is 8.22. The van der Waals surface area contributed by atoms with Crippen molar-refractivity contribution in [1.82, 2.24) is 0 Å². The van der Waals surface area contributed by atoms with Gasteiger partial charge >= 0.3 is 58.2 Å². The number of hydrogen-bond donors (Lipinski definition) is 0. The first kappa shape index (κ1) is 16.4. The Hall–Kier alpha value is 2.43. The molecule has 2 heterocycles. The van der Waals surface area contributed by atoms with E-state index in [1.165, 1.54) is 0 Å². The van der Waals surface area contributed by atoms with E-state index >= 15 is 0 Å². The normalized spacial score (nSPS) is 24.4. The summed E-state index contributed by atoms with van der Waals surface area (Å²) in [7, 11) is 0. The molecular weight excluding hydrogens is 376 g/mol. The standard InChI is InChI=1S/C9H15N2O.La.Rb/c12-8-7-9(3-6-11-8)1-4-10-5-2-9;;/h1-7H2,(H,11,12);;/q-1;;+1/p-1. The Morgan fingerprint density at radius 1 is 1.07 bits per heavy atom. The molecule has 0 aromatic carbocycles. The second-order valence-corrected chi connectivity index (χ2v) is 3.87. The van der Waals surface area contributed by atoms with E-state index in [0.717, 1.165) is 38.9 Å². The molecule has 0 aromatic rings. The minimum Gasteiger partial charge on any atom is -0.662 e. The molecule has 14 heavy (non-hydrogen) atoms. The molecule has 1 spiro atoms. The Bertz CT molecular complexity index is 190. The molecule has 3 nitrogen and oxygen atoms in total. The van der Waals surface area contributed by atoms with E-state index in [2.05, 4.69) is 10.6 Å². The molecule has 0 N–H and O–H groups in total. The molecule has 0 aliphatic carbocycles. The third-order valence-corrected chi connectivity index (χ3v) is 3.06. The minimum absolute atomic E-state index is 0. The van der Waals surface area contributed by atoms with Crippen LogP contribution in [0, 0.1) is 41.0 Å². The van der Waals surface area contributed by atoms with Gasteiger partial charge in [0.05, 0.1) is 5.91 Å². The van der Waals surface area contributed by atoms with Crippen LogP contribution in [-0.2, 0) is 4.79 Å². The van der Waals surface area contributed by atoms with Crippen molar-refractivity contribution in [3.8, 4) is 0 Å². The second kappa shape index (κ2) is 7.70. The minimum atomic E-state index is 0. The fourth-order valence-corrected chi connectivity index (χ4v) is 2.18. The van der Waals surface area contributed by atoms with Crippen molar-refractivity contribution in [2.24, 2.45) is 5.41 Å². The van der Waals surface area contributed by atoms with E-state index < -0.39 is 0 Å². The van der Waals surface area contributed by atoms with Crippen LogP contribution < -0.4 is 58.2 Å². The van der Waals surface area contributed by atoms with Crippen LogP contribution >= 0.6 is 0 Å². The number of carbonyl (C=O) groups is 1. The van der Waals surface area contributed by atoms with Gasteiger partial charge in [-0.1, -0.05) is 19.3 Å². The molecule has 2 fully saturated rings. The molecule has 1 amide bonds. The Kier molecular flexibility index (Phi) is 9.03. The predicted molar refractivity (Wildman–Crippen MR) is 47.2 cm³/mol. The summed E-state index contributed by atoms with van der Waals surface area (Å²) < 4.78 is 0. The molecule has 71 valence electrons. The number of nitrogens with zero attached hydrogens (tertiary/aromatic N) is 2. The third kappa shape index (κ3) is 4.36. The first-order chi connectivity index (χ1) is 5.81. The van der Waals surface area contributed by atoms with Crippen LogP contribution in [0.25, 0.3) is 10.6 Å². The summed E-state index contributed by atoms with van der Waals surface area (Å²) in [6.45, 7) is 2.65. The Balaban J connectivity index is 0.000000845. The van der Waals surface area contributed by atoms with Crippen LogP contribution in [0.3, 0.4) is 0 Å². The summed E-state index contributed by atoms with van der Waals surface area (Å²) in [6.07, 6.45) is 4.00. The largest absolute Gasteiger partial charge is 1.00 e. The third-order valence-electron chi connectivity index (χ3n) is 3.06. The van der Waals surface area contributed by atoms with E-state index in [1.54, 1.807) is 0 Å². The summed E-state index contributed by atoms with van der Waals surface area (Å²) in [5.74, 6) is 0.114. The second-order valence-electron chi connectivity index (χ2n) is 3.87. The van der Waals surface area contributed by atoms with Crippen molar-refractivity contribution in [2.75, 3.05) is 19.6 Å². The quantitative estimate of drug-likeness (QED) is 0.515. The number of amides is 1. The first-order valence-electron chi connectivity index (χ1n) is 4.64. The SMILES string of the molecule is O=C1CC2(CC[N-]CC2)CC[N-]1.[La].[Rb+]. The van der Waals surface area contributed by atoms with Crippen LogP contribution in [0.15, 0.2) is 0 Å². The molecular formula is C9H14LaN2ORb-. The van der Waals surface area contributed by atoms with Gasteiger partial charge in [-0.25, -0.2) is 0 Å². The Morgan fingerprint density at radius 3 is 2.21 bits per heavy atom. The average molecular weight is 391 g/mol. The topological polar surface area (TPSA) is 45.3 Å². The van der Waals surface area contributed by atoms with Gasteiger partial charge in [0.1, 0.15) is 0 Å². The van der Waals surface area contributed by atoms with E-state index in [1.807, 2.05) is 0 Å². The number of hydrogen-bond acceptors (Lipinski definition) is 1. The zero-order chi connectivity index (χ0) is 8.44. The van der Waals surface area contributed by atoms with Gasteiger partial charge in [-0.3, -0.25) is 0 Å². The number of piperidine rings is 2. The van der Waals surface area contributed by atoms with Gasteiger partial charge in [-0.2, -0.15) is 0 Å². The van der Waals surface area contributed by atoms with Crippen molar-refractivity contribution in [3.63, 3.8) is 0 Å². The van der Waals surface area contributed by atoms with Gasteiger partial charge < -0.3 is 15.4 Å². The molecule has 5 heteroatoms. The van der Waals surface area contributed by atoms with Crippen molar-refractivity contribution in [1.29, 1.82) is 0 Å². The van der Waals surface area contributed by atoms with Crippen molar-refractivity contribution in [3.05, 3.63) is 10.6 Å². The molecule has 2 aliphatic heterocycles. The summed E-state index contributed by atoms with van der Waals surface area (Å²) in [6, 6.07) is 0. The molecule has 2 saturated heterocycles. The van der Waals surface area contributed by atoms with Crippen LogP contribution in [0.2, 0.25) is 0 Å². The van der Waals surface area contributed by atoms with E-state index in [0.29, 0.717) is 11.8 Å². The number of rotatable bonds is 0. The van der Waals surface area contributed by atoms with Crippen LogP contribution in [0.1, 0.15) is 25.7 Å². The summed E-state index contributed by atoms with van der Waals surface area (Å²) in [4.78, 5) is 11.1. The average Bonchev–Trinajstić information content (AvgIpc) is 2.05. The van der Waals surface area contributed by atoms with E-state index in [4.69, 9.17) is 0 Å². The fourth-order valence-electron chi connectivity index (χ4n) is 2.18. The smallest absolute Gasteiger partial charge is 0.662 e. The zero-order valence-corrected chi connectivity index (χ0v) is 17.4. The van der Waals surface area contributed by atoms with Gasteiger partial charge in [0.15, 0.2) is 0 Å². The van der Waals surface area contributed by atoms with Gasteiger partial charge in [0.2, 0.25) is 0 Å². The monoisotopic (exact) mass is 390 g/mol. The van der Waals surface area contributed by atoms with Crippen molar-refractivity contribution < 1.29 is 98.6 Å². The van der Waals surface area contributed by atoms with Crippen molar-refractivity contribution in [2.45, 2.75) is 25.7 Å². The molecule has 0 unspecified atom stereocenters. The van der Waals surface area contributed by atoms with E-state index in [-0.39, 0.29) is 99.7 Å². The molecule has 1 radical (unpaired) electrons. The Labute approximate surface area is 162 Å². The van der Waals surface area contributed by atoms with Crippen LogP contribution in [-0.4, -0.2) is 25.5 Å².